The number of anilines is 1. The number of carboxylic acids is 1. The van der Waals surface area contributed by atoms with Crippen molar-refractivity contribution in [2.24, 2.45) is 0 Å². The number of aliphatic carboxylic acids is 1. The van der Waals surface area contributed by atoms with Gasteiger partial charge in [-0.1, -0.05) is 24.3 Å². The summed E-state index contributed by atoms with van der Waals surface area (Å²) < 4.78 is 0. The summed E-state index contributed by atoms with van der Waals surface area (Å²) in [6, 6.07) is 7.32. The lowest BCUT2D eigenvalue weighted by Gasteiger charge is -2.34. The van der Waals surface area contributed by atoms with Crippen molar-refractivity contribution in [3.8, 4) is 0 Å². The highest BCUT2D eigenvalue weighted by atomic mass is 16.4. The number of benzene rings is 1. The number of carboxylic acid groups (broad SMARTS) is 1. The van der Waals surface area contributed by atoms with E-state index in [-0.39, 0.29) is 0 Å². The standard InChI is InChI=1S/C14H15N3O2/c18-14(19)12-7-3-4-8-17(12)13-11-6-2-1-5-10(11)9-15-16-13/h1-2,5-6,9,12H,3-4,7-8H2,(H,18,19). The molecule has 5 nitrogen and oxygen atoms in total. The van der Waals surface area contributed by atoms with Crippen molar-refractivity contribution in [3.05, 3.63) is 30.5 Å². The minimum absolute atomic E-state index is 0.492. The molecule has 1 aromatic carbocycles. The van der Waals surface area contributed by atoms with Gasteiger partial charge in [0.05, 0.1) is 6.20 Å². The van der Waals surface area contributed by atoms with E-state index in [4.69, 9.17) is 0 Å². The Morgan fingerprint density at radius 3 is 3.00 bits per heavy atom. The van der Waals surface area contributed by atoms with Gasteiger partial charge in [0.2, 0.25) is 0 Å². The summed E-state index contributed by atoms with van der Waals surface area (Å²) in [4.78, 5) is 13.3. The van der Waals surface area contributed by atoms with Crippen molar-refractivity contribution in [1.29, 1.82) is 0 Å². The van der Waals surface area contributed by atoms with Gasteiger partial charge in [-0.05, 0) is 19.3 Å². The monoisotopic (exact) mass is 257 g/mol. The van der Waals surface area contributed by atoms with Crippen LogP contribution in [-0.4, -0.2) is 33.9 Å². The van der Waals surface area contributed by atoms with Gasteiger partial charge in [-0.15, -0.1) is 5.10 Å². The maximum Gasteiger partial charge on any atom is 0.326 e. The van der Waals surface area contributed by atoms with Gasteiger partial charge >= 0.3 is 5.97 Å². The molecule has 2 heterocycles. The van der Waals surface area contributed by atoms with Gasteiger partial charge in [-0.2, -0.15) is 5.10 Å². The maximum atomic E-state index is 11.4. The predicted octanol–water partition coefficient (Wildman–Crippen LogP) is 2.07. The predicted molar refractivity (Wildman–Crippen MR) is 72.2 cm³/mol. The summed E-state index contributed by atoms with van der Waals surface area (Å²) in [5, 5.41) is 19.5. The summed E-state index contributed by atoms with van der Waals surface area (Å²) >= 11 is 0. The first-order valence-electron chi connectivity index (χ1n) is 6.47. The molecule has 3 rings (SSSR count). The van der Waals surface area contributed by atoms with Gasteiger partial charge in [-0.25, -0.2) is 4.79 Å². The molecule has 0 bridgehead atoms. The van der Waals surface area contributed by atoms with Crippen LogP contribution in [0.1, 0.15) is 19.3 Å². The molecule has 1 fully saturated rings. The van der Waals surface area contributed by atoms with Gasteiger partial charge < -0.3 is 10.0 Å². The lowest BCUT2D eigenvalue weighted by Crippen LogP contribution is -2.45. The highest BCUT2D eigenvalue weighted by molar-refractivity contribution is 5.93. The van der Waals surface area contributed by atoms with Crippen LogP contribution in [0.4, 0.5) is 5.82 Å². The Morgan fingerprint density at radius 2 is 2.16 bits per heavy atom. The summed E-state index contributed by atoms with van der Waals surface area (Å²) in [5.41, 5.74) is 0. The largest absolute Gasteiger partial charge is 0.480 e. The van der Waals surface area contributed by atoms with E-state index in [0.717, 1.165) is 30.2 Å². The molecule has 2 aromatic rings. The first kappa shape index (κ1) is 11.9. The number of carbonyl (C=O) groups is 1. The number of nitrogens with zero attached hydrogens (tertiary/aromatic N) is 3. The molecule has 1 aliphatic rings. The van der Waals surface area contributed by atoms with Gasteiger partial charge in [-0.3, -0.25) is 0 Å². The van der Waals surface area contributed by atoms with Gasteiger partial charge in [0.15, 0.2) is 5.82 Å². The van der Waals surface area contributed by atoms with E-state index in [2.05, 4.69) is 10.2 Å². The fraction of sp³-hybridized carbons (Fsp3) is 0.357. The van der Waals surface area contributed by atoms with E-state index < -0.39 is 12.0 Å². The molecule has 0 amide bonds. The second-order valence-electron chi connectivity index (χ2n) is 4.80. The number of fused-ring (bicyclic) bond motifs is 1. The van der Waals surface area contributed by atoms with E-state index in [1.807, 2.05) is 29.2 Å². The van der Waals surface area contributed by atoms with Crippen molar-refractivity contribution in [2.75, 3.05) is 11.4 Å². The third-order valence-electron chi connectivity index (χ3n) is 3.61. The Kier molecular flexibility index (Phi) is 3.03. The molecular formula is C14H15N3O2. The van der Waals surface area contributed by atoms with Crippen LogP contribution in [0, 0.1) is 0 Å². The van der Waals surface area contributed by atoms with Crippen LogP contribution in [0.25, 0.3) is 10.8 Å². The van der Waals surface area contributed by atoms with Gasteiger partial charge in [0.25, 0.3) is 0 Å². The first-order chi connectivity index (χ1) is 9.27. The zero-order valence-electron chi connectivity index (χ0n) is 10.5. The molecule has 0 spiro atoms. The number of aromatic nitrogens is 2. The lowest BCUT2D eigenvalue weighted by molar-refractivity contribution is -0.139. The molecule has 1 saturated heterocycles. The Morgan fingerprint density at radius 1 is 1.32 bits per heavy atom. The average Bonchev–Trinajstić information content (AvgIpc) is 2.46. The van der Waals surface area contributed by atoms with Crippen molar-refractivity contribution < 1.29 is 9.90 Å². The van der Waals surface area contributed by atoms with Crippen molar-refractivity contribution in [3.63, 3.8) is 0 Å². The van der Waals surface area contributed by atoms with Gasteiger partial charge in [0, 0.05) is 17.3 Å². The van der Waals surface area contributed by atoms with E-state index >= 15 is 0 Å². The van der Waals surface area contributed by atoms with Crippen LogP contribution in [0.3, 0.4) is 0 Å². The Balaban J connectivity index is 2.09. The van der Waals surface area contributed by atoms with E-state index in [0.29, 0.717) is 12.2 Å². The number of hydrogen-bond donors (Lipinski definition) is 1. The molecule has 1 atom stereocenters. The first-order valence-corrected chi connectivity index (χ1v) is 6.47. The SMILES string of the molecule is O=C(O)C1CCCCN1c1nncc2ccccc12. The second-order valence-corrected chi connectivity index (χ2v) is 4.80. The summed E-state index contributed by atoms with van der Waals surface area (Å²) in [6.45, 7) is 0.722. The Hall–Kier alpha value is -2.17. The Labute approximate surface area is 110 Å². The topological polar surface area (TPSA) is 66.3 Å². The van der Waals surface area contributed by atoms with Gasteiger partial charge in [0.1, 0.15) is 6.04 Å². The van der Waals surface area contributed by atoms with E-state index in [1.165, 1.54) is 0 Å². The molecule has 1 aromatic heterocycles. The normalized spacial score (nSPS) is 19.6. The Bertz CT molecular complexity index is 609. The summed E-state index contributed by atoms with van der Waals surface area (Å²) in [7, 11) is 0. The smallest absolute Gasteiger partial charge is 0.326 e. The maximum absolute atomic E-state index is 11.4. The molecule has 98 valence electrons. The van der Waals surface area contributed by atoms with Crippen LogP contribution >= 0.6 is 0 Å². The van der Waals surface area contributed by atoms with Crippen molar-refractivity contribution in [2.45, 2.75) is 25.3 Å². The molecule has 5 heteroatoms. The summed E-state index contributed by atoms with van der Waals surface area (Å²) in [5.74, 6) is -0.0976. The van der Waals surface area contributed by atoms with Crippen molar-refractivity contribution in [1.82, 2.24) is 10.2 Å². The van der Waals surface area contributed by atoms with Crippen LogP contribution in [-0.2, 0) is 4.79 Å². The molecule has 19 heavy (non-hydrogen) atoms. The third kappa shape index (κ3) is 2.12. The van der Waals surface area contributed by atoms with Crippen molar-refractivity contribution >= 4 is 22.6 Å². The van der Waals surface area contributed by atoms with E-state index in [9.17, 15) is 9.90 Å². The van der Waals surface area contributed by atoms with Crippen LogP contribution in [0.2, 0.25) is 0 Å². The van der Waals surface area contributed by atoms with E-state index in [1.54, 1.807) is 6.20 Å². The second kappa shape index (κ2) is 4.84. The quantitative estimate of drug-likeness (QED) is 0.892. The number of hydrogen-bond acceptors (Lipinski definition) is 4. The molecule has 0 saturated carbocycles. The molecular weight excluding hydrogens is 242 g/mol. The zero-order chi connectivity index (χ0) is 13.2. The van der Waals surface area contributed by atoms with Crippen LogP contribution in [0.5, 0.6) is 0 Å². The van der Waals surface area contributed by atoms with Crippen LogP contribution < -0.4 is 4.90 Å². The molecule has 0 aliphatic carbocycles. The molecule has 1 unspecified atom stereocenters. The molecule has 0 radical (unpaired) electrons. The fourth-order valence-electron chi connectivity index (χ4n) is 2.67. The minimum Gasteiger partial charge on any atom is -0.480 e. The van der Waals surface area contributed by atoms with Crippen LogP contribution in [0.15, 0.2) is 30.5 Å². The zero-order valence-corrected chi connectivity index (χ0v) is 10.5. The number of piperidine rings is 1. The fourth-order valence-corrected chi connectivity index (χ4v) is 2.67. The average molecular weight is 257 g/mol. The molecule has 1 N–H and O–H groups in total. The highest BCUT2D eigenvalue weighted by Gasteiger charge is 2.30. The summed E-state index contributed by atoms with van der Waals surface area (Å²) in [6.07, 6.45) is 4.32. The minimum atomic E-state index is -0.783. The highest BCUT2D eigenvalue weighted by Crippen LogP contribution is 2.28. The number of rotatable bonds is 2. The lowest BCUT2D eigenvalue weighted by atomic mass is 10.0. The molecule has 1 aliphatic heterocycles. The third-order valence-corrected chi connectivity index (χ3v) is 3.61.